The van der Waals surface area contributed by atoms with Gasteiger partial charge in [-0.25, -0.2) is 4.98 Å². The molecular weight excluding hydrogens is 396 g/mol. The van der Waals surface area contributed by atoms with Crippen LogP contribution in [0.5, 0.6) is 5.75 Å². The number of rotatable bonds is 6. The maximum atomic E-state index is 5.75. The summed E-state index contributed by atoms with van der Waals surface area (Å²) in [7, 11) is 1.74. The van der Waals surface area contributed by atoms with Crippen LogP contribution in [0.2, 0.25) is 0 Å². The van der Waals surface area contributed by atoms with Crippen molar-refractivity contribution in [2.75, 3.05) is 12.4 Å². The molecule has 1 N–H and O–H groups in total. The van der Waals surface area contributed by atoms with Gasteiger partial charge in [-0.2, -0.15) is 9.61 Å². The standard InChI is InChI=1S/C24H32N4O.ClH/c1-7-17(8-2)25-23-18-10-9-11-20(18)26-24-22(16(5)27-28(23)24)19-12-14(3)15(4)13-21(19)29-6;/h12-13,17,25H,7-11H2,1-6H3;1H. The van der Waals surface area contributed by atoms with Crippen LogP contribution in [-0.4, -0.2) is 27.7 Å². The zero-order chi connectivity index (χ0) is 20.7. The van der Waals surface area contributed by atoms with Gasteiger partial charge in [-0.3, -0.25) is 0 Å². The van der Waals surface area contributed by atoms with E-state index in [0.717, 1.165) is 66.1 Å². The number of aryl methyl sites for hydroxylation is 4. The average Bonchev–Trinajstić information content (AvgIpc) is 3.30. The first-order valence-electron chi connectivity index (χ1n) is 10.8. The van der Waals surface area contributed by atoms with Crippen LogP contribution >= 0.6 is 12.4 Å². The van der Waals surface area contributed by atoms with Gasteiger partial charge in [0, 0.05) is 22.9 Å². The number of hydrogen-bond donors (Lipinski definition) is 1. The van der Waals surface area contributed by atoms with E-state index < -0.39 is 0 Å². The van der Waals surface area contributed by atoms with Crippen LogP contribution in [0, 0.1) is 20.8 Å². The predicted octanol–water partition coefficient (Wildman–Crippen LogP) is 5.84. The van der Waals surface area contributed by atoms with Crippen molar-refractivity contribution in [1.82, 2.24) is 14.6 Å². The highest BCUT2D eigenvalue weighted by Gasteiger charge is 2.26. The lowest BCUT2D eigenvalue weighted by Gasteiger charge is -2.20. The van der Waals surface area contributed by atoms with Crippen LogP contribution in [0.25, 0.3) is 16.8 Å². The molecule has 0 bridgehead atoms. The molecule has 162 valence electrons. The van der Waals surface area contributed by atoms with Crippen LogP contribution in [0.1, 0.15) is 61.2 Å². The molecule has 1 aromatic carbocycles. The van der Waals surface area contributed by atoms with Crippen molar-refractivity contribution in [3.05, 3.63) is 40.2 Å². The van der Waals surface area contributed by atoms with E-state index in [-0.39, 0.29) is 12.4 Å². The summed E-state index contributed by atoms with van der Waals surface area (Å²) in [5, 5.41) is 8.74. The second-order valence-electron chi connectivity index (χ2n) is 8.23. The van der Waals surface area contributed by atoms with E-state index in [9.17, 15) is 0 Å². The van der Waals surface area contributed by atoms with Crippen molar-refractivity contribution in [2.45, 2.75) is 72.8 Å². The maximum absolute atomic E-state index is 5.75. The van der Waals surface area contributed by atoms with Crippen molar-refractivity contribution in [3.63, 3.8) is 0 Å². The van der Waals surface area contributed by atoms with E-state index >= 15 is 0 Å². The maximum Gasteiger partial charge on any atom is 0.165 e. The number of hydrogen-bond acceptors (Lipinski definition) is 4. The third kappa shape index (κ3) is 3.64. The number of nitrogens with zero attached hydrogens (tertiary/aromatic N) is 3. The second-order valence-corrected chi connectivity index (χ2v) is 8.23. The van der Waals surface area contributed by atoms with Gasteiger partial charge in [-0.1, -0.05) is 13.8 Å². The van der Waals surface area contributed by atoms with Gasteiger partial charge in [0.2, 0.25) is 0 Å². The van der Waals surface area contributed by atoms with E-state index in [0.29, 0.717) is 6.04 Å². The van der Waals surface area contributed by atoms with Crippen molar-refractivity contribution in [2.24, 2.45) is 0 Å². The molecule has 2 heterocycles. The van der Waals surface area contributed by atoms with E-state index in [2.05, 4.69) is 52.1 Å². The number of aromatic nitrogens is 3. The Hall–Kier alpha value is -2.27. The summed E-state index contributed by atoms with van der Waals surface area (Å²) in [5.41, 5.74) is 9.09. The fourth-order valence-electron chi connectivity index (χ4n) is 4.44. The first-order chi connectivity index (χ1) is 14.0. The molecule has 0 amide bonds. The molecule has 0 saturated heterocycles. The number of halogens is 1. The number of anilines is 1. The summed E-state index contributed by atoms with van der Waals surface area (Å²) in [6.45, 7) is 10.8. The lowest BCUT2D eigenvalue weighted by Crippen LogP contribution is -2.21. The molecule has 0 atom stereocenters. The van der Waals surface area contributed by atoms with Crippen LogP contribution in [-0.2, 0) is 12.8 Å². The molecule has 0 aliphatic heterocycles. The van der Waals surface area contributed by atoms with E-state index in [4.69, 9.17) is 14.8 Å². The highest BCUT2D eigenvalue weighted by molar-refractivity contribution is 5.86. The Labute approximate surface area is 185 Å². The SMILES string of the molecule is CCC(CC)Nc1c2c(nc3c(-c4cc(C)c(C)cc4OC)c(C)nn13)CCC2.Cl. The first kappa shape index (κ1) is 22.4. The van der Waals surface area contributed by atoms with Crippen molar-refractivity contribution in [1.29, 1.82) is 0 Å². The third-order valence-electron chi connectivity index (χ3n) is 6.37. The van der Waals surface area contributed by atoms with Gasteiger partial charge in [-0.15, -0.1) is 12.4 Å². The highest BCUT2D eigenvalue weighted by atomic mass is 35.5. The minimum atomic E-state index is 0. The van der Waals surface area contributed by atoms with Gasteiger partial charge < -0.3 is 10.1 Å². The molecule has 30 heavy (non-hydrogen) atoms. The number of benzene rings is 1. The summed E-state index contributed by atoms with van der Waals surface area (Å²) in [5.74, 6) is 2.01. The lowest BCUT2D eigenvalue weighted by atomic mass is 9.99. The fraction of sp³-hybridized carbons (Fsp3) is 0.500. The smallest absolute Gasteiger partial charge is 0.165 e. The molecule has 0 spiro atoms. The van der Waals surface area contributed by atoms with Gasteiger partial charge in [0.15, 0.2) is 5.65 Å². The molecule has 3 aromatic rings. The Balaban J connectivity index is 0.00000256. The molecule has 1 aliphatic rings. The normalized spacial score (nSPS) is 12.9. The third-order valence-corrected chi connectivity index (χ3v) is 6.37. The number of methoxy groups -OCH3 is 1. The minimum absolute atomic E-state index is 0. The van der Waals surface area contributed by atoms with Gasteiger partial charge >= 0.3 is 0 Å². The summed E-state index contributed by atoms with van der Waals surface area (Å²) in [6.07, 6.45) is 5.45. The van der Waals surface area contributed by atoms with Crippen LogP contribution in [0.15, 0.2) is 12.1 Å². The van der Waals surface area contributed by atoms with Crippen molar-refractivity contribution >= 4 is 23.9 Å². The van der Waals surface area contributed by atoms with Crippen LogP contribution < -0.4 is 10.1 Å². The number of nitrogens with one attached hydrogen (secondary N) is 1. The van der Waals surface area contributed by atoms with E-state index in [1.54, 1.807) is 7.11 Å². The van der Waals surface area contributed by atoms with Crippen molar-refractivity contribution < 1.29 is 4.74 Å². The molecule has 0 fully saturated rings. The molecule has 4 rings (SSSR count). The molecule has 0 saturated carbocycles. The Bertz CT molecular complexity index is 1070. The molecule has 0 unspecified atom stereocenters. The molecular formula is C24H33ClN4O. The first-order valence-corrected chi connectivity index (χ1v) is 10.8. The molecule has 1 aliphatic carbocycles. The quantitative estimate of drug-likeness (QED) is 0.535. The van der Waals surface area contributed by atoms with E-state index in [1.165, 1.54) is 22.4 Å². The Morgan fingerprint density at radius 1 is 1.10 bits per heavy atom. The molecule has 2 aromatic heterocycles. The Kier molecular flexibility index (Phi) is 6.61. The summed E-state index contributed by atoms with van der Waals surface area (Å²) in [4.78, 5) is 5.10. The van der Waals surface area contributed by atoms with Gasteiger partial charge in [0.1, 0.15) is 11.6 Å². The number of ether oxygens (including phenoxy) is 1. The van der Waals surface area contributed by atoms with Gasteiger partial charge in [-0.05, 0) is 76.1 Å². The largest absolute Gasteiger partial charge is 0.496 e. The Morgan fingerprint density at radius 2 is 1.80 bits per heavy atom. The average molecular weight is 429 g/mol. The lowest BCUT2D eigenvalue weighted by molar-refractivity contribution is 0.416. The predicted molar refractivity (Wildman–Crippen MR) is 126 cm³/mol. The number of fused-ring (bicyclic) bond motifs is 2. The van der Waals surface area contributed by atoms with Gasteiger partial charge in [0.05, 0.1) is 18.4 Å². The highest BCUT2D eigenvalue weighted by Crippen LogP contribution is 2.39. The molecule has 6 heteroatoms. The summed E-state index contributed by atoms with van der Waals surface area (Å²) in [6, 6.07) is 4.76. The summed E-state index contributed by atoms with van der Waals surface area (Å²) < 4.78 is 7.79. The monoisotopic (exact) mass is 428 g/mol. The van der Waals surface area contributed by atoms with Crippen LogP contribution in [0.3, 0.4) is 0 Å². The summed E-state index contributed by atoms with van der Waals surface area (Å²) >= 11 is 0. The zero-order valence-corrected chi connectivity index (χ0v) is 19.7. The Morgan fingerprint density at radius 3 is 2.47 bits per heavy atom. The zero-order valence-electron chi connectivity index (χ0n) is 18.9. The molecule has 5 nitrogen and oxygen atoms in total. The topological polar surface area (TPSA) is 51.5 Å². The molecule has 0 radical (unpaired) electrons. The minimum Gasteiger partial charge on any atom is -0.496 e. The van der Waals surface area contributed by atoms with Crippen molar-refractivity contribution in [3.8, 4) is 16.9 Å². The second kappa shape index (κ2) is 8.84. The van der Waals surface area contributed by atoms with Gasteiger partial charge in [0.25, 0.3) is 0 Å². The van der Waals surface area contributed by atoms with E-state index in [1.807, 2.05) is 4.52 Å². The fourth-order valence-corrected chi connectivity index (χ4v) is 4.44. The van der Waals surface area contributed by atoms with Crippen LogP contribution in [0.4, 0.5) is 5.82 Å².